The minimum absolute atomic E-state index is 0.152. The first-order chi connectivity index (χ1) is 13.4. The lowest BCUT2D eigenvalue weighted by atomic mass is 10.1. The standard InChI is InChI=1S/C20H23NO6S/c1-4-21(12-16-13-26-17-7-5-6-8-18(17)27-16)28(23,24)19-10-9-15(11-14(19)2)20(22)25-3/h5-11,16H,4,12-13H2,1-3H3. The van der Waals surface area contributed by atoms with Gasteiger partial charge in [0.2, 0.25) is 10.0 Å². The lowest BCUT2D eigenvalue weighted by Gasteiger charge is -2.30. The van der Waals surface area contributed by atoms with Crippen LogP contribution < -0.4 is 9.47 Å². The number of benzene rings is 2. The van der Waals surface area contributed by atoms with E-state index in [1.54, 1.807) is 19.9 Å². The fraction of sp³-hybridized carbons (Fsp3) is 0.350. The number of fused-ring (bicyclic) bond motifs is 1. The summed E-state index contributed by atoms with van der Waals surface area (Å²) in [7, 11) is -2.48. The molecule has 0 saturated carbocycles. The summed E-state index contributed by atoms with van der Waals surface area (Å²) >= 11 is 0. The fourth-order valence-electron chi connectivity index (χ4n) is 3.10. The maximum absolute atomic E-state index is 13.2. The van der Waals surface area contributed by atoms with E-state index in [9.17, 15) is 13.2 Å². The van der Waals surface area contributed by atoms with Gasteiger partial charge in [0, 0.05) is 6.54 Å². The van der Waals surface area contributed by atoms with Gasteiger partial charge in [0.25, 0.3) is 0 Å². The SMILES string of the molecule is CCN(CC1COc2ccccc2O1)S(=O)(=O)c1ccc(C(=O)OC)cc1C. The average molecular weight is 405 g/mol. The van der Waals surface area contributed by atoms with Gasteiger partial charge >= 0.3 is 5.97 Å². The maximum Gasteiger partial charge on any atom is 0.337 e. The Kier molecular flexibility index (Phi) is 5.90. The molecule has 1 unspecified atom stereocenters. The summed E-state index contributed by atoms with van der Waals surface area (Å²) in [5.74, 6) is 0.746. The second kappa shape index (κ2) is 8.20. The molecule has 0 spiro atoms. The summed E-state index contributed by atoms with van der Waals surface area (Å²) in [5.41, 5.74) is 0.787. The van der Waals surface area contributed by atoms with Crippen molar-refractivity contribution in [3.63, 3.8) is 0 Å². The molecule has 1 atom stereocenters. The zero-order valence-electron chi connectivity index (χ0n) is 16.0. The van der Waals surface area contributed by atoms with Gasteiger partial charge in [-0.2, -0.15) is 4.31 Å². The highest BCUT2D eigenvalue weighted by Crippen LogP contribution is 2.31. The average Bonchev–Trinajstić information content (AvgIpc) is 2.70. The Bertz CT molecular complexity index is 972. The van der Waals surface area contributed by atoms with Gasteiger partial charge in [0.15, 0.2) is 11.5 Å². The van der Waals surface area contributed by atoms with Crippen LogP contribution in [0.3, 0.4) is 0 Å². The van der Waals surface area contributed by atoms with Crippen LogP contribution in [-0.2, 0) is 14.8 Å². The van der Waals surface area contributed by atoms with Crippen LogP contribution in [0.1, 0.15) is 22.8 Å². The summed E-state index contributed by atoms with van der Waals surface area (Å²) in [6.07, 6.45) is -0.417. The molecule has 0 radical (unpaired) electrons. The van der Waals surface area contributed by atoms with Crippen LogP contribution in [0.25, 0.3) is 0 Å². The van der Waals surface area contributed by atoms with E-state index in [2.05, 4.69) is 4.74 Å². The Morgan fingerprint density at radius 2 is 1.93 bits per heavy atom. The molecule has 7 nitrogen and oxygen atoms in total. The number of ether oxygens (including phenoxy) is 3. The highest BCUT2D eigenvalue weighted by molar-refractivity contribution is 7.89. The maximum atomic E-state index is 13.2. The minimum Gasteiger partial charge on any atom is -0.486 e. The third-order valence-electron chi connectivity index (χ3n) is 4.54. The van der Waals surface area contributed by atoms with Crippen molar-refractivity contribution in [3.8, 4) is 11.5 Å². The van der Waals surface area contributed by atoms with E-state index in [0.29, 0.717) is 22.6 Å². The van der Waals surface area contributed by atoms with Gasteiger partial charge in [-0.3, -0.25) is 0 Å². The Labute approximate surface area is 164 Å². The Balaban J connectivity index is 1.81. The Morgan fingerprint density at radius 3 is 2.57 bits per heavy atom. The van der Waals surface area contributed by atoms with Crippen LogP contribution in [0, 0.1) is 6.92 Å². The van der Waals surface area contributed by atoms with Crippen molar-refractivity contribution in [2.45, 2.75) is 24.8 Å². The van der Waals surface area contributed by atoms with Gasteiger partial charge in [-0.25, -0.2) is 13.2 Å². The molecule has 1 aliphatic rings. The quantitative estimate of drug-likeness (QED) is 0.687. The second-order valence-corrected chi connectivity index (χ2v) is 8.33. The number of sulfonamides is 1. The molecular weight excluding hydrogens is 382 g/mol. The topological polar surface area (TPSA) is 82.1 Å². The molecule has 2 aromatic carbocycles. The first-order valence-electron chi connectivity index (χ1n) is 8.94. The van der Waals surface area contributed by atoms with Gasteiger partial charge in [0.05, 0.1) is 24.1 Å². The predicted molar refractivity (Wildman–Crippen MR) is 103 cm³/mol. The van der Waals surface area contributed by atoms with E-state index >= 15 is 0 Å². The molecule has 0 bridgehead atoms. The van der Waals surface area contributed by atoms with Crippen molar-refractivity contribution in [1.82, 2.24) is 4.31 Å². The molecule has 0 aliphatic carbocycles. The summed E-state index contributed by atoms with van der Waals surface area (Å²) in [6, 6.07) is 11.7. The van der Waals surface area contributed by atoms with Crippen LogP contribution in [0.2, 0.25) is 0 Å². The molecule has 0 saturated heterocycles. The third-order valence-corrected chi connectivity index (χ3v) is 6.64. The molecular formula is C20H23NO6S. The summed E-state index contributed by atoms with van der Waals surface area (Å²) in [4.78, 5) is 11.8. The lowest BCUT2D eigenvalue weighted by molar-refractivity contribution is 0.0600. The smallest absolute Gasteiger partial charge is 0.337 e. The Morgan fingerprint density at radius 1 is 1.21 bits per heavy atom. The highest BCUT2D eigenvalue weighted by atomic mass is 32.2. The van der Waals surface area contributed by atoms with Crippen LogP contribution in [0.5, 0.6) is 11.5 Å². The van der Waals surface area contributed by atoms with E-state index in [0.717, 1.165) is 0 Å². The number of likely N-dealkylation sites (N-methyl/N-ethyl adjacent to an activating group) is 1. The largest absolute Gasteiger partial charge is 0.486 e. The van der Waals surface area contributed by atoms with Crippen molar-refractivity contribution < 1.29 is 27.4 Å². The minimum atomic E-state index is -3.76. The monoisotopic (exact) mass is 405 g/mol. The zero-order valence-corrected chi connectivity index (χ0v) is 16.9. The number of carbonyl (C=O) groups excluding carboxylic acids is 1. The number of hydrogen-bond donors (Lipinski definition) is 0. The molecule has 0 N–H and O–H groups in total. The first kappa shape index (κ1) is 20.2. The number of para-hydroxylation sites is 2. The molecule has 0 aromatic heterocycles. The van der Waals surface area contributed by atoms with E-state index in [1.165, 1.54) is 29.6 Å². The molecule has 2 aromatic rings. The van der Waals surface area contributed by atoms with Crippen LogP contribution in [0.4, 0.5) is 0 Å². The van der Waals surface area contributed by atoms with E-state index < -0.39 is 22.1 Å². The van der Waals surface area contributed by atoms with E-state index in [1.807, 2.05) is 18.2 Å². The van der Waals surface area contributed by atoms with E-state index in [-0.39, 0.29) is 24.6 Å². The summed E-state index contributed by atoms with van der Waals surface area (Å²) in [6.45, 7) is 4.13. The van der Waals surface area contributed by atoms with Crippen molar-refractivity contribution in [1.29, 1.82) is 0 Å². The van der Waals surface area contributed by atoms with Gasteiger partial charge in [-0.1, -0.05) is 19.1 Å². The van der Waals surface area contributed by atoms with Gasteiger partial charge in [-0.05, 0) is 42.8 Å². The Hall–Kier alpha value is -2.58. The lowest BCUT2D eigenvalue weighted by Crippen LogP contribution is -2.43. The normalized spacial score (nSPS) is 16.1. The molecule has 1 aliphatic heterocycles. The number of rotatable bonds is 6. The molecule has 1 heterocycles. The van der Waals surface area contributed by atoms with E-state index in [4.69, 9.17) is 9.47 Å². The first-order valence-corrected chi connectivity index (χ1v) is 10.4. The van der Waals surface area contributed by atoms with Crippen LogP contribution in [-0.4, -0.2) is 51.6 Å². The number of hydrogen-bond acceptors (Lipinski definition) is 6. The fourth-order valence-corrected chi connectivity index (χ4v) is 4.79. The van der Waals surface area contributed by atoms with Gasteiger partial charge in [0.1, 0.15) is 12.7 Å². The highest BCUT2D eigenvalue weighted by Gasteiger charge is 2.30. The van der Waals surface area contributed by atoms with Crippen molar-refractivity contribution >= 4 is 16.0 Å². The summed E-state index contributed by atoms with van der Waals surface area (Å²) in [5, 5.41) is 0. The second-order valence-electron chi connectivity index (χ2n) is 6.43. The number of aryl methyl sites for hydroxylation is 1. The molecule has 0 fully saturated rings. The van der Waals surface area contributed by atoms with Crippen molar-refractivity contribution in [3.05, 3.63) is 53.6 Å². The zero-order chi connectivity index (χ0) is 20.3. The number of esters is 1. The van der Waals surface area contributed by atoms with Crippen LogP contribution in [0.15, 0.2) is 47.4 Å². The molecule has 3 rings (SSSR count). The third kappa shape index (κ3) is 3.98. The number of nitrogens with zero attached hydrogens (tertiary/aromatic N) is 1. The number of carbonyl (C=O) groups is 1. The molecule has 8 heteroatoms. The molecule has 150 valence electrons. The molecule has 0 amide bonds. The summed E-state index contributed by atoms with van der Waals surface area (Å²) < 4.78 is 44.0. The number of methoxy groups -OCH3 is 1. The van der Waals surface area contributed by atoms with Crippen molar-refractivity contribution in [2.75, 3.05) is 26.8 Å². The van der Waals surface area contributed by atoms with Crippen molar-refractivity contribution in [2.24, 2.45) is 0 Å². The van der Waals surface area contributed by atoms with Gasteiger partial charge in [-0.15, -0.1) is 0 Å². The van der Waals surface area contributed by atoms with Gasteiger partial charge < -0.3 is 14.2 Å². The van der Waals surface area contributed by atoms with Crippen LogP contribution >= 0.6 is 0 Å². The molecule has 28 heavy (non-hydrogen) atoms. The predicted octanol–water partition coefficient (Wildman–Crippen LogP) is 2.63.